The molecule has 1 aromatic heterocycles. The second kappa shape index (κ2) is 6.49. The van der Waals surface area contributed by atoms with Crippen molar-refractivity contribution in [3.8, 4) is 0 Å². The fourth-order valence-electron chi connectivity index (χ4n) is 2.19. The highest BCUT2D eigenvalue weighted by Gasteiger charge is 2.31. The number of amides is 1. The molecule has 0 saturated carbocycles. The molecule has 0 aromatic carbocycles. The van der Waals surface area contributed by atoms with Gasteiger partial charge < -0.3 is 19.9 Å². The molecule has 8 nitrogen and oxygen atoms in total. The predicted molar refractivity (Wildman–Crippen MR) is 76.1 cm³/mol. The molecule has 114 valence electrons. The van der Waals surface area contributed by atoms with Crippen molar-refractivity contribution in [1.82, 2.24) is 20.2 Å². The Kier molecular flexibility index (Phi) is 4.69. The van der Waals surface area contributed by atoms with Gasteiger partial charge in [0.25, 0.3) is 0 Å². The average molecular weight is 293 g/mol. The summed E-state index contributed by atoms with van der Waals surface area (Å²) in [6, 6.07) is -0.365. The third-order valence-electron chi connectivity index (χ3n) is 3.28. The van der Waals surface area contributed by atoms with Crippen molar-refractivity contribution in [2.75, 3.05) is 45.7 Å². The molecule has 0 radical (unpaired) electrons. The van der Waals surface area contributed by atoms with Crippen LogP contribution in [0.15, 0.2) is 12.4 Å². The molecule has 0 spiro atoms. The van der Waals surface area contributed by atoms with E-state index in [2.05, 4.69) is 20.0 Å². The molecule has 1 saturated heterocycles. The zero-order valence-electron chi connectivity index (χ0n) is 12.4. The van der Waals surface area contributed by atoms with E-state index >= 15 is 0 Å². The summed E-state index contributed by atoms with van der Waals surface area (Å²) in [5.74, 6) is -0.0676. The number of carbonyl (C=O) groups is 2. The highest BCUT2D eigenvalue weighted by molar-refractivity contribution is 5.88. The summed E-state index contributed by atoms with van der Waals surface area (Å²) >= 11 is 0. The minimum absolute atomic E-state index is 0.0209. The number of nitrogens with zero attached hydrogens (tertiary/aromatic N) is 4. The number of likely N-dealkylation sites (N-methyl/N-ethyl adjacent to an activating group) is 1. The molecule has 1 atom stereocenters. The maximum Gasteiger partial charge on any atom is 0.358 e. The van der Waals surface area contributed by atoms with Crippen molar-refractivity contribution in [3.63, 3.8) is 0 Å². The zero-order valence-corrected chi connectivity index (χ0v) is 12.4. The molecule has 8 heteroatoms. The number of ether oxygens (including phenoxy) is 1. The van der Waals surface area contributed by atoms with Crippen LogP contribution >= 0.6 is 0 Å². The maximum atomic E-state index is 12.3. The average Bonchev–Trinajstić information content (AvgIpc) is 2.53. The first kappa shape index (κ1) is 15.2. The van der Waals surface area contributed by atoms with Crippen molar-refractivity contribution in [2.45, 2.75) is 6.04 Å². The first-order chi connectivity index (χ1) is 10.0. The Labute approximate surface area is 123 Å². The van der Waals surface area contributed by atoms with E-state index < -0.39 is 5.97 Å². The molecular formula is C13H19N5O3. The molecule has 1 N–H and O–H groups in total. The first-order valence-corrected chi connectivity index (χ1v) is 6.63. The van der Waals surface area contributed by atoms with Crippen LogP contribution in [0.1, 0.15) is 10.5 Å². The van der Waals surface area contributed by atoms with Gasteiger partial charge in [-0.3, -0.25) is 9.78 Å². The SMILES string of the molecule is COC(=O)c1cncc(N2CCNCC2C(=O)N(C)C)n1. The van der Waals surface area contributed by atoms with Crippen molar-refractivity contribution in [2.24, 2.45) is 0 Å². The molecule has 1 fully saturated rings. The molecule has 1 aliphatic rings. The topological polar surface area (TPSA) is 87.7 Å². The predicted octanol–water partition coefficient (Wildman–Crippen LogP) is -0.870. The van der Waals surface area contributed by atoms with Gasteiger partial charge >= 0.3 is 5.97 Å². The summed E-state index contributed by atoms with van der Waals surface area (Å²) in [6.07, 6.45) is 2.90. The van der Waals surface area contributed by atoms with Crippen LogP contribution in [0.2, 0.25) is 0 Å². The number of hydrogen-bond donors (Lipinski definition) is 1. The lowest BCUT2D eigenvalue weighted by Gasteiger charge is -2.37. The van der Waals surface area contributed by atoms with Gasteiger partial charge in [0.2, 0.25) is 5.91 Å². The first-order valence-electron chi connectivity index (χ1n) is 6.63. The maximum absolute atomic E-state index is 12.3. The van der Waals surface area contributed by atoms with Crippen LogP contribution < -0.4 is 10.2 Å². The number of anilines is 1. The lowest BCUT2D eigenvalue weighted by molar-refractivity contribution is -0.130. The van der Waals surface area contributed by atoms with Crippen LogP contribution in [-0.2, 0) is 9.53 Å². The van der Waals surface area contributed by atoms with Crippen molar-refractivity contribution in [3.05, 3.63) is 18.1 Å². The largest absolute Gasteiger partial charge is 0.464 e. The van der Waals surface area contributed by atoms with Gasteiger partial charge in [-0.15, -0.1) is 0 Å². The molecule has 1 amide bonds. The number of carbonyl (C=O) groups excluding carboxylic acids is 2. The minimum atomic E-state index is -0.546. The van der Waals surface area contributed by atoms with Crippen LogP contribution in [0.25, 0.3) is 0 Å². The Balaban J connectivity index is 2.29. The number of esters is 1. The van der Waals surface area contributed by atoms with Crippen LogP contribution in [0, 0.1) is 0 Å². The van der Waals surface area contributed by atoms with Gasteiger partial charge in [-0.05, 0) is 0 Å². The number of piperazine rings is 1. The number of hydrogen-bond acceptors (Lipinski definition) is 7. The van der Waals surface area contributed by atoms with Crippen molar-refractivity contribution >= 4 is 17.7 Å². The van der Waals surface area contributed by atoms with E-state index in [1.165, 1.54) is 13.3 Å². The highest BCUT2D eigenvalue weighted by atomic mass is 16.5. The van der Waals surface area contributed by atoms with E-state index in [4.69, 9.17) is 0 Å². The lowest BCUT2D eigenvalue weighted by Crippen LogP contribution is -2.58. The number of nitrogens with one attached hydrogen (secondary N) is 1. The molecule has 1 unspecified atom stereocenters. The standard InChI is InChI=1S/C13H19N5O3/c1-17(2)12(19)10-7-14-4-5-18(10)11-8-15-6-9(16-11)13(20)21-3/h6,8,10,14H,4-5,7H2,1-3H3. The van der Waals surface area contributed by atoms with Gasteiger partial charge in [-0.25, -0.2) is 9.78 Å². The lowest BCUT2D eigenvalue weighted by atomic mass is 10.1. The Hall–Kier alpha value is -2.22. The summed E-state index contributed by atoms with van der Waals surface area (Å²) in [7, 11) is 4.72. The summed E-state index contributed by atoms with van der Waals surface area (Å²) in [5, 5.41) is 3.19. The Morgan fingerprint density at radius 3 is 2.86 bits per heavy atom. The van der Waals surface area contributed by atoms with E-state index in [9.17, 15) is 9.59 Å². The van der Waals surface area contributed by atoms with E-state index in [-0.39, 0.29) is 17.6 Å². The van der Waals surface area contributed by atoms with Gasteiger partial charge in [-0.2, -0.15) is 0 Å². The van der Waals surface area contributed by atoms with E-state index in [1.807, 2.05) is 4.90 Å². The number of aromatic nitrogens is 2. The number of methoxy groups -OCH3 is 1. The van der Waals surface area contributed by atoms with Crippen LogP contribution in [0.3, 0.4) is 0 Å². The molecule has 21 heavy (non-hydrogen) atoms. The quantitative estimate of drug-likeness (QED) is 0.725. The third-order valence-corrected chi connectivity index (χ3v) is 3.28. The van der Waals surface area contributed by atoms with Gasteiger partial charge in [0, 0.05) is 33.7 Å². The fourth-order valence-corrected chi connectivity index (χ4v) is 2.19. The van der Waals surface area contributed by atoms with Crippen molar-refractivity contribution < 1.29 is 14.3 Å². The molecule has 1 aliphatic heterocycles. The van der Waals surface area contributed by atoms with Crippen LogP contribution in [-0.4, -0.2) is 73.6 Å². The molecule has 0 aliphatic carbocycles. The van der Waals surface area contributed by atoms with Gasteiger partial charge in [0.05, 0.1) is 19.5 Å². The third kappa shape index (κ3) is 3.27. The van der Waals surface area contributed by atoms with Gasteiger partial charge in [-0.1, -0.05) is 0 Å². The zero-order chi connectivity index (χ0) is 15.4. The fraction of sp³-hybridized carbons (Fsp3) is 0.538. The van der Waals surface area contributed by atoms with E-state index in [1.54, 1.807) is 25.2 Å². The van der Waals surface area contributed by atoms with Crippen molar-refractivity contribution in [1.29, 1.82) is 0 Å². The summed E-state index contributed by atoms with van der Waals surface area (Å²) in [6.45, 7) is 1.88. The monoisotopic (exact) mass is 293 g/mol. The highest BCUT2D eigenvalue weighted by Crippen LogP contribution is 2.16. The molecule has 0 bridgehead atoms. The Morgan fingerprint density at radius 2 is 2.19 bits per heavy atom. The molecule has 2 rings (SSSR count). The summed E-state index contributed by atoms with van der Waals surface area (Å²) < 4.78 is 4.64. The van der Waals surface area contributed by atoms with Crippen LogP contribution in [0.5, 0.6) is 0 Å². The molecule has 2 heterocycles. The second-order valence-corrected chi connectivity index (χ2v) is 4.90. The van der Waals surface area contributed by atoms with Crippen LogP contribution in [0.4, 0.5) is 5.82 Å². The summed E-state index contributed by atoms with van der Waals surface area (Å²) in [4.78, 5) is 35.5. The Bertz CT molecular complexity index is 534. The summed E-state index contributed by atoms with van der Waals surface area (Å²) in [5.41, 5.74) is 0.129. The van der Waals surface area contributed by atoms with E-state index in [0.717, 1.165) is 6.54 Å². The normalized spacial score (nSPS) is 18.2. The Morgan fingerprint density at radius 1 is 1.43 bits per heavy atom. The van der Waals surface area contributed by atoms with Gasteiger partial charge in [0.15, 0.2) is 5.69 Å². The molecular weight excluding hydrogens is 274 g/mol. The minimum Gasteiger partial charge on any atom is -0.464 e. The molecule has 1 aromatic rings. The van der Waals surface area contributed by atoms with E-state index in [0.29, 0.717) is 18.9 Å². The van der Waals surface area contributed by atoms with Gasteiger partial charge in [0.1, 0.15) is 11.9 Å². The second-order valence-electron chi connectivity index (χ2n) is 4.90. The number of rotatable bonds is 3. The smallest absolute Gasteiger partial charge is 0.358 e.